The summed E-state index contributed by atoms with van der Waals surface area (Å²) in [6.45, 7) is 9.69. The summed E-state index contributed by atoms with van der Waals surface area (Å²) in [5, 5.41) is 9.96. The second kappa shape index (κ2) is 47.0. The molecule has 0 bridgehead atoms. The summed E-state index contributed by atoms with van der Waals surface area (Å²) in [7, 11) is 2.88. The van der Waals surface area contributed by atoms with Crippen molar-refractivity contribution in [3.63, 3.8) is 0 Å². The van der Waals surface area contributed by atoms with Gasteiger partial charge in [-0.3, -0.25) is 19.2 Å². The molecule has 0 aliphatic carbocycles. The minimum absolute atomic E-state index is 0. The van der Waals surface area contributed by atoms with Crippen LogP contribution < -0.4 is 9.47 Å². The summed E-state index contributed by atoms with van der Waals surface area (Å²) >= 11 is 0. The Morgan fingerprint density at radius 2 is 0.947 bits per heavy atom. The zero-order valence-corrected chi connectivity index (χ0v) is 47.6. The summed E-state index contributed by atoms with van der Waals surface area (Å²) in [5.41, 5.74) is 3.22. The molecular formula is C62H106O13. The van der Waals surface area contributed by atoms with E-state index in [-0.39, 0.29) is 75.1 Å². The fourth-order valence-corrected chi connectivity index (χ4v) is 9.03. The summed E-state index contributed by atoms with van der Waals surface area (Å²) in [5.74, 6) is -0.992. The maximum Gasteiger partial charge on any atom is 0.342 e. The van der Waals surface area contributed by atoms with Gasteiger partial charge in [-0.15, -0.1) is 0 Å². The Kier molecular flexibility index (Phi) is 44.3. The van der Waals surface area contributed by atoms with Gasteiger partial charge in [0.1, 0.15) is 43.0 Å². The van der Waals surface area contributed by atoms with E-state index >= 15 is 0 Å². The Hall–Kier alpha value is -4.26. The molecule has 0 unspecified atom stereocenters. The van der Waals surface area contributed by atoms with Crippen LogP contribution in [0.4, 0.5) is 0 Å². The number of benzene rings is 1. The lowest BCUT2D eigenvalue weighted by Gasteiger charge is -2.19. The summed E-state index contributed by atoms with van der Waals surface area (Å²) < 4.78 is 31.6. The van der Waals surface area contributed by atoms with Gasteiger partial charge in [-0.05, 0) is 64.9 Å². The molecule has 0 amide bonds. The molecule has 13 heteroatoms. The van der Waals surface area contributed by atoms with E-state index in [4.69, 9.17) is 23.7 Å². The first-order chi connectivity index (χ1) is 35.8. The van der Waals surface area contributed by atoms with E-state index in [9.17, 15) is 33.9 Å². The topological polar surface area (TPSA) is 178 Å². The molecule has 0 saturated heterocycles. The number of hydrogen-bond donors (Lipinski definition) is 1. The molecule has 0 saturated carbocycles. The van der Waals surface area contributed by atoms with Crippen LogP contribution in [0.25, 0.3) is 0 Å². The van der Waals surface area contributed by atoms with Crippen LogP contribution in [0.5, 0.6) is 11.5 Å². The van der Waals surface area contributed by atoms with Crippen molar-refractivity contribution in [2.75, 3.05) is 27.4 Å². The SMILES string of the molecule is C.CCCCCCCCCCCCCCCC(=O)OCC(O)COC(=O)CCCCCCCCCCCCCCC.COC(=O)CC/C(C)=C/Cc1c(OC)c(C)c2c(c1OC(=O)CCCCCC(C)=O)C(=O)OC2. The fraction of sp³-hybridized carbons (Fsp3) is 0.774. The molecular weight excluding hydrogens is 953 g/mol. The normalized spacial score (nSPS) is 11.8. The first kappa shape index (κ1) is 70.7. The molecule has 1 aliphatic rings. The number of methoxy groups -OCH3 is 2. The minimum Gasteiger partial charge on any atom is -0.496 e. The van der Waals surface area contributed by atoms with Crippen molar-refractivity contribution >= 4 is 35.6 Å². The Bertz CT molecular complexity index is 1700. The van der Waals surface area contributed by atoms with Gasteiger partial charge in [-0.2, -0.15) is 0 Å². The molecule has 0 atom stereocenters. The number of carbonyl (C=O) groups is 6. The van der Waals surface area contributed by atoms with E-state index < -0.39 is 18.0 Å². The number of allylic oxidation sites excluding steroid dienone is 2. The number of aliphatic hydroxyl groups excluding tert-OH is 1. The lowest BCUT2D eigenvalue weighted by atomic mass is 9.94. The van der Waals surface area contributed by atoms with Crippen LogP contribution in [0, 0.1) is 6.92 Å². The number of ketones is 1. The average molecular weight is 1060 g/mol. The summed E-state index contributed by atoms with van der Waals surface area (Å²) in [6.07, 6.45) is 38.6. The van der Waals surface area contributed by atoms with Crippen LogP contribution in [-0.4, -0.2) is 74.3 Å². The van der Waals surface area contributed by atoms with Gasteiger partial charge in [0.2, 0.25) is 0 Å². The first-order valence-electron chi connectivity index (χ1n) is 29.1. The van der Waals surface area contributed by atoms with Crippen LogP contribution in [-0.2, 0) is 55.9 Å². The summed E-state index contributed by atoms with van der Waals surface area (Å²) in [4.78, 5) is 71.5. The lowest BCUT2D eigenvalue weighted by Crippen LogP contribution is -2.25. The fourth-order valence-electron chi connectivity index (χ4n) is 9.03. The highest BCUT2D eigenvalue weighted by Gasteiger charge is 2.34. The van der Waals surface area contributed by atoms with Gasteiger partial charge in [0.15, 0.2) is 5.75 Å². The Morgan fingerprint density at radius 1 is 0.547 bits per heavy atom. The highest BCUT2D eigenvalue weighted by atomic mass is 16.6. The Morgan fingerprint density at radius 3 is 1.36 bits per heavy atom. The van der Waals surface area contributed by atoms with E-state index in [1.54, 1.807) is 6.92 Å². The van der Waals surface area contributed by atoms with Crippen LogP contribution in [0.2, 0.25) is 0 Å². The van der Waals surface area contributed by atoms with Gasteiger partial charge in [0.05, 0.1) is 14.2 Å². The predicted octanol–water partition coefficient (Wildman–Crippen LogP) is 15.6. The molecule has 75 heavy (non-hydrogen) atoms. The van der Waals surface area contributed by atoms with Gasteiger partial charge >= 0.3 is 29.8 Å². The third-order valence-corrected chi connectivity index (χ3v) is 13.7. The van der Waals surface area contributed by atoms with Gasteiger partial charge < -0.3 is 38.3 Å². The summed E-state index contributed by atoms with van der Waals surface area (Å²) in [6, 6.07) is 0. The number of esters is 5. The molecule has 2 rings (SSSR count). The third-order valence-electron chi connectivity index (χ3n) is 13.7. The zero-order chi connectivity index (χ0) is 54.6. The van der Waals surface area contributed by atoms with Gasteiger partial charge in [-0.25, -0.2) is 4.79 Å². The number of Topliss-reactive ketones (excluding diaryl/α,β-unsaturated/α-hetero) is 1. The molecule has 1 N–H and O–H groups in total. The predicted molar refractivity (Wildman–Crippen MR) is 300 cm³/mol. The molecule has 1 aliphatic heterocycles. The minimum atomic E-state index is -0.953. The van der Waals surface area contributed by atoms with Crippen molar-refractivity contribution in [2.45, 2.75) is 286 Å². The van der Waals surface area contributed by atoms with Gasteiger partial charge in [0, 0.05) is 43.2 Å². The number of fused-ring (bicyclic) bond motifs is 1. The van der Waals surface area contributed by atoms with Crippen molar-refractivity contribution in [1.29, 1.82) is 0 Å². The molecule has 0 fully saturated rings. The highest BCUT2D eigenvalue weighted by molar-refractivity contribution is 5.99. The van der Waals surface area contributed by atoms with E-state index in [0.717, 1.165) is 49.7 Å². The number of carbonyl (C=O) groups excluding carboxylic acids is 6. The molecule has 13 nitrogen and oxygen atoms in total. The van der Waals surface area contributed by atoms with E-state index in [1.807, 2.05) is 19.9 Å². The van der Waals surface area contributed by atoms with Gasteiger partial charge in [-0.1, -0.05) is 193 Å². The maximum absolute atomic E-state index is 12.7. The third kappa shape index (κ3) is 35.7. The Labute approximate surface area is 455 Å². The van der Waals surface area contributed by atoms with Crippen LogP contribution >= 0.6 is 0 Å². The average Bonchev–Trinajstić information content (AvgIpc) is 3.78. The van der Waals surface area contributed by atoms with Crippen molar-refractivity contribution in [1.82, 2.24) is 0 Å². The van der Waals surface area contributed by atoms with Crippen LogP contribution in [0.1, 0.15) is 287 Å². The molecule has 0 radical (unpaired) electrons. The standard InChI is InChI=1S/C35H68O5.C26H34O8.CH4/c1-3-5-7-9-11-13-15-17-19-21-23-25-27-29-34(37)39-31-33(36)32-40-35(38)30-28-26-24-22-20-18-16-14-12-10-8-6-4-2;1-16(12-14-21(28)31-4)11-13-19-24(32-5)18(3)20-15-33-26(30)23(20)25(19)34-22(29)10-8-6-7-9-17(2)27;/h33,36H,3-32H2,1-2H3;11H,6-10,12-15H2,1-5H3;1H4/b;16-11+;. The van der Waals surface area contributed by atoms with Crippen LogP contribution in [0.15, 0.2) is 11.6 Å². The first-order valence-corrected chi connectivity index (χ1v) is 29.1. The highest BCUT2D eigenvalue weighted by Crippen LogP contribution is 2.43. The van der Waals surface area contributed by atoms with Crippen LogP contribution in [0.3, 0.4) is 0 Å². The largest absolute Gasteiger partial charge is 0.496 e. The van der Waals surface area contributed by atoms with E-state index in [0.29, 0.717) is 55.4 Å². The number of rotatable bonds is 45. The second-order valence-corrected chi connectivity index (χ2v) is 20.5. The molecule has 0 aromatic heterocycles. The maximum atomic E-state index is 12.7. The second-order valence-electron chi connectivity index (χ2n) is 20.5. The smallest absolute Gasteiger partial charge is 0.342 e. The van der Waals surface area contributed by atoms with Gasteiger partial charge in [0.25, 0.3) is 0 Å². The quantitative estimate of drug-likeness (QED) is 0.0215. The molecule has 432 valence electrons. The van der Waals surface area contributed by atoms with Crippen molar-refractivity contribution in [2.24, 2.45) is 0 Å². The number of ether oxygens (including phenoxy) is 6. The van der Waals surface area contributed by atoms with Crippen molar-refractivity contribution in [3.05, 3.63) is 33.9 Å². The number of cyclic esters (lactones) is 1. The lowest BCUT2D eigenvalue weighted by molar-refractivity contribution is -0.152. The van der Waals surface area contributed by atoms with Crippen molar-refractivity contribution < 1.29 is 62.3 Å². The molecule has 0 spiro atoms. The number of hydrogen-bond acceptors (Lipinski definition) is 13. The number of unbranched alkanes of at least 4 members (excludes halogenated alkanes) is 26. The van der Waals surface area contributed by atoms with Crippen molar-refractivity contribution in [3.8, 4) is 11.5 Å². The van der Waals surface area contributed by atoms with E-state index in [1.165, 1.54) is 155 Å². The monoisotopic (exact) mass is 1060 g/mol. The number of aliphatic hydroxyl groups is 1. The zero-order valence-electron chi connectivity index (χ0n) is 47.6. The molecule has 1 aromatic carbocycles. The molecule has 1 heterocycles. The van der Waals surface area contributed by atoms with E-state index in [2.05, 4.69) is 18.6 Å². The molecule has 1 aromatic rings. The Balaban J connectivity index is 0.00000146.